The molecule has 0 saturated heterocycles. The van der Waals surface area contributed by atoms with Gasteiger partial charge in [-0.3, -0.25) is 9.10 Å². The average molecular weight is 527 g/mol. The van der Waals surface area contributed by atoms with Crippen LogP contribution in [0.25, 0.3) is 0 Å². The summed E-state index contributed by atoms with van der Waals surface area (Å²) in [6.07, 6.45) is 1.38. The highest BCUT2D eigenvalue weighted by Gasteiger charge is 2.30. The summed E-state index contributed by atoms with van der Waals surface area (Å²) in [5.41, 5.74) is 2.19. The summed E-state index contributed by atoms with van der Waals surface area (Å²) >= 11 is 0. The first kappa shape index (κ1) is 27.9. The largest absolute Gasteiger partial charge is 0.497 e. The summed E-state index contributed by atoms with van der Waals surface area (Å²) in [5.74, 6) is 1.14. The van der Waals surface area contributed by atoms with Gasteiger partial charge < -0.3 is 19.5 Å². The predicted molar refractivity (Wildman–Crippen MR) is 144 cm³/mol. The Morgan fingerprint density at radius 3 is 2.35 bits per heavy atom. The molecule has 0 spiro atoms. The van der Waals surface area contributed by atoms with Crippen LogP contribution in [-0.2, 0) is 21.2 Å². The van der Waals surface area contributed by atoms with Crippen molar-refractivity contribution in [2.45, 2.75) is 31.6 Å². The monoisotopic (exact) mass is 526 g/mol. The average Bonchev–Trinajstić information content (AvgIpc) is 2.90. The number of anilines is 1. The number of hydrogen-bond acceptors (Lipinski definition) is 6. The van der Waals surface area contributed by atoms with E-state index in [1.54, 1.807) is 30.3 Å². The summed E-state index contributed by atoms with van der Waals surface area (Å²) in [4.78, 5) is 13.1. The summed E-state index contributed by atoms with van der Waals surface area (Å²) in [6.45, 7) is 4.35. The zero-order valence-corrected chi connectivity index (χ0v) is 22.5. The Morgan fingerprint density at radius 2 is 1.68 bits per heavy atom. The molecule has 198 valence electrons. The van der Waals surface area contributed by atoms with Crippen molar-refractivity contribution in [3.8, 4) is 17.2 Å². The molecule has 0 aliphatic rings. The van der Waals surface area contributed by atoms with Crippen LogP contribution in [0.2, 0.25) is 0 Å². The van der Waals surface area contributed by atoms with E-state index in [0.717, 1.165) is 21.2 Å². The molecule has 0 atom stereocenters. The Labute approximate surface area is 219 Å². The van der Waals surface area contributed by atoms with E-state index in [2.05, 4.69) is 5.32 Å². The fourth-order valence-corrected chi connectivity index (χ4v) is 5.25. The Morgan fingerprint density at radius 1 is 0.946 bits per heavy atom. The van der Waals surface area contributed by atoms with Crippen LogP contribution in [-0.4, -0.2) is 48.2 Å². The van der Waals surface area contributed by atoms with Gasteiger partial charge in [0, 0.05) is 12.6 Å². The molecule has 8 nitrogen and oxygen atoms in total. The molecule has 0 bridgehead atoms. The maximum absolute atomic E-state index is 13.7. The lowest BCUT2D eigenvalue weighted by Crippen LogP contribution is -2.41. The molecule has 3 aromatic carbocycles. The molecule has 0 aliphatic heterocycles. The van der Waals surface area contributed by atoms with E-state index >= 15 is 0 Å². The van der Waals surface area contributed by atoms with Gasteiger partial charge in [0.2, 0.25) is 5.91 Å². The van der Waals surface area contributed by atoms with Crippen molar-refractivity contribution in [1.82, 2.24) is 5.32 Å². The lowest BCUT2D eigenvalue weighted by Gasteiger charge is -2.26. The third-order valence-electron chi connectivity index (χ3n) is 5.77. The first-order valence-corrected chi connectivity index (χ1v) is 13.5. The number of sulfonamides is 1. The summed E-state index contributed by atoms with van der Waals surface area (Å²) in [6, 6.07) is 19.1. The zero-order valence-electron chi connectivity index (χ0n) is 21.7. The number of ether oxygens (including phenoxy) is 3. The van der Waals surface area contributed by atoms with Gasteiger partial charge in [0.25, 0.3) is 10.0 Å². The number of nitrogens with zero attached hydrogens (tertiary/aromatic N) is 1. The third-order valence-corrected chi connectivity index (χ3v) is 7.54. The maximum Gasteiger partial charge on any atom is 0.264 e. The van der Waals surface area contributed by atoms with Gasteiger partial charge in [0.1, 0.15) is 23.8 Å². The second-order valence-corrected chi connectivity index (χ2v) is 10.2. The first-order valence-electron chi connectivity index (χ1n) is 12.1. The highest BCUT2D eigenvalue weighted by Crippen LogP contribution is 2.35. The standard InChI is InChI=1S/C28H34N2O6S/c1-5-36-26-11-7-6-9-22(26)10-8-18-29-28(31)20-30(25-19-23(34-3)14-17-27(25)35-4)37(32,33)24-15-12-21(2)13-16-24/h6-7,9,11-17,19H,5,8,10,18,20H2,1-4H3,(H,29,31). The van der Waals surface area contributed by atoms with Crippen LogP contribution in [0.15, 0.2) is 71.6 Å². The van der Waals surface area contributed by atoms with E-state index in [-0.39, 0.29) is 10.6 Å². The fraction of sp³-hybridized carbons (Fsp3) is 0.321. The number of para-hydroxylation sites is 1. The van der Waals surface area contributed by atoms with E-state index in [0.29, 0.717) is 37.5 Å². The summed E-state index contributed by atoms with van der Waals surface area (Å²) in [7, 11) is -1.16. The van der Waals surface area contributed by atoms with Crippen LogP contribution in [0.3, 0.4) is 0 Å². The molecule has 37 heavy (non-hydrogen) atoms. The molecule has 0 unspecified atom stereocenters. The molecule has 1 amide bonds. The number of hydrogen-bond donors (Lipinski definition) is 1. The van der Waals surface area contributed by atoms with Crippen LogP contribution >= 0.6 is 0 Å². The van der Waals surface area contributed by atoms with E-state index in [1.807, 2.05) is 38.1 Å². The number of rotatable bonds is 13. The SMILES string of the molecule is CCOc1ccccc1CCCNC(=O)CN(c1cc(OC)ccc1OC)S(=O)(=O)c1ccc(C)cc1. The van der Waals surface area contributed by atoms with Gasteiger partial charge in [0.05, 0.1) is 31.4 Å². The van der Waals surface area contributed by atoms with Gasteiger partial charge in [-0.15, -0.1) is 0 Å². The van der Waals surface area contributed by atoms with E-state index in [9.17, 15) is 13.2 Å². The van der Waals surface area contributed by atoms with Gasteiger partial charge in [-0.05, 0) is 62.6 Å². The quantitative estimate of drug-likeness (QED) is 0.333. The lowest BCUT2D eigenvalue weighted by molar-refractivity contribution is -0.119. The molecule has 3 rings (SSSR count). The number of aryl methyl sites for hydroxylation is 2. The van der Waals surface area contributed by atoms with Gasteiger partial charge in [-0.25, -0.2) is 8.42 Å². The number of benzene rings is 3. The molecule has 0 saturated carbocycles. The molecular weight excluding hydrogens is 492 g/mol. The molecule has 0 aliphatic carbocycles. The second-order valence-electron chi connectivity index (χ2n) is 8.36. The second kappa shape index (κ2) is 13.0. The highest BCUT2D eigenvalue weighted by molar-refractivity contribution is 7.92. The Kier molecular flexibility index (Phi) is 9.79. The zero-order chi connectivity index (χ0) is 26.8. The number of amides is 1. The summed E-state index contributed by atoms with van der Waals surface area (Å²) in [5, 5.41) is 2.85. The smallest absolute Gasteiger partial charge is 0.264 e. The van der Waals surface area contributed by atoms with Crippen molar-refractivity contribution in [2.75, 3.05) is 38.2 Å². The minimum absolute atomic E-state index is 0.0725. The van der Waals surface area contributed by atoms with E-state index < -0.39 is 22.5 Å². The number of carbonyl (C=O) groups excluding carboxylic acids is 1. The van der Waals surface area contributed by atoms with Crippen LogP contribution < -0.4 is 23.8 Å². The number of methoxy groups -OCH3 is 2. The van der Waals surface area contributed by atoms with Crippen molar-refractivity contribution < 1.29 is 27.4 Å². The van der Waals surface area contributed by atoms with Crippen molar-refractivity contribution in [2.24, 2.45) is 0 Å². The fourth-order valence-electron chi connectivity index (χ4n) is 3.83. The number of carbonyl (C=O) groups is 1. The predicted octanol–water partition coefficient (Wildman–Crippen LogP) is 4.36. The molecule has 0 radical (unpaired) electrons. The molecule has 3 aromatic rings. The van der Waals surface area contributed by atoms with Crippen LogP contribution in [0, 0.1) is 6.92 Å². The van der Waals surface area contributed by atoms with Crippen molar-refractivity contribution in [1.29, 1.82) is 0 Å². The topological polar surface area (TPSA) is 94.2 Å². The van der Waals surface area contributed by atoms with Gasteiger partial charge >= 0.3 is 0 Å². The molecular formula is C28H34N2O6S. The Hall–Kier alpha value is -3.72. The van der Waals surface area contributed by atoms with Crippen molar-refractivity contribution >= 4 is 21.6 Å². The van der Waals surface area contributed by atoms with E-state index in [1.165, 1.54) is 26.4 Å². The van der Waals surface area contributed by atoms with Crippen LogP contribution in [0.5, 0.6) is 17.2 Å². The van der Waals surface area contributed by atoms with E-state index in [4.69, 9.17) is 14.2 Å². The molecule has 0 aromatic heterocycles. The van der Waals surface area contributed by atoms with Crippen molar-refractivity contribution in [3.05, 3.63) is 77.9 Å². The molecule has 0 fully saturated rings. The maximum atomic E-state index is 13.7. The molecule has 1 N–H and O–H groups in total. The van der Waals surface area contributed by atoms with Gasteiger partial charge in [-0.2, -0.15) is 0 Å². The van der Waals surface area contributed by atoms with Crippen LogP contribution in [0.1, 0.15) is 24.5 Å². The Balaban J connectivity index is 1.79. The Bertz CT molecular complexity index is 1290. The normalized spacial score (nSPS) is 11.0. The van der Waals surface area contributed by atoms with Crippen LogP contribution in [0.4, 0.5) is 5.69 Å². The summed E-state index contributed by atoms with van der Waals surface area (Å²) < 4.78 is 44.8. The highest BCUT2D eigenvalue weighted by atomic mass is 32.2. The van der Waals surface area contributed by atoms with Gasteiger partial charge in [-0.1, -0.05) is 35.9 Å². The lowest BCUT2D eigenvalue weighted by atomic mass is 10.1. The minimum Gasteiger partial charge on any atom is -0.497 e. The third kappa shape index (κ3) is 7.16. The van der Waals surface area contributed by atoms with Crippen molar-refractivity contribution in [3.63, 3.8) is 0 Å². The minimum atomic E-state index is -4.09. The number of nitrogens with one attached hydrogen (secondary N) is 1. The van der Waals surface area contributed by atoms with Gasteiger partial charge in [0.15, 0.2) is 0 Å². The molecule has 9 heteroatoms. The first-order chi connectivity index (χ1) is 17.8. The molecule has 0 heterocycles.